The lowest BCUT2D eigenvalue weighted by Crippen LogP contribution is -2.41. The van der Waals surface area contributed by atoms with Crippen LogP contribution in [0.1, 0.15) is 24.2 Å². The number of hydrogen-bond donors (Lipinski definition) is 0. The molecule has 1 aliphatic heterocycles. The number of nitrogens with zero attached hydrogens (tertiary/aromatic N) is 2. The number of esters is 1. The molecule has 2 heterocycles. The van der Waals surface area contributed by atoms with Crippen LogP contribution in [0.3, 0.4) is 0 Å². The standard InChI is InChI=1S/C17H20N2O3/c1-3-21-17(20)14-6-7-18-16-5-4-13(10-15(14)16)19-8-9-22-12(2)11-19/h4-7,10,12H,3,8-9,11H2,1-2H3/t12-/m0/s1. The quantitative estimate of drug-likeness (QED) is 0.816. The Labute approximate surface area is 129 Å². The third-order valence-corrected chi connectivity index (χ3v) is 3.83. The van der Waals surface area contributed by atoms with Crippen LogP contribution in [0.4, 0.5) is 5.69 Å². The highest BCUT2D eigenvalue weighted by Crippen LogP contribution is 2.25. The lowest BCUT2D eigenvalue weighted by Gasteiger charge is -2.33. The first kappa shape index (κ1) is 14.8. The van der Waals surface area contributed by atoms with Gasteiger partial charge in [-0.3, -0.25) is 4.98 Å². The maximum Gasteiger partial charge on any atom is 0.338 e. The molecule has 0 amide bonds. The van der Waals surface area contributed by atoms with Crippen LogP contribution in [-0.2, 0) is 9.47 Å². The second-order valence-corrected chi connectivity index (χ2v) is 5.41. The van der Waals surface area contributed by atoms with E-state index in [9.17, 15) is 4.79 Å². The number of aromatic nitrogens is 1. The summed E-state index contributed by atoms with van der Waals surface area (Å²) in [4.78, 5) is 18.7. The molecule has 1 saturated heterocycles. The molecule has 22 heavy (non-hydrogen) atoms. The summed E-state index contributed by atoms with van der Waals surface area (Å²) in [5.74, 6) is -0.303. The van der Waals surface area contributed by atoms with Gasteiger partial charge < -0.3 is 14.4 Å². The van der Waals surface area contributed by atoms with Crippen molar-refractivity contribution in [3.8, 4) is 0 Å². The molecule has 1 aromatic carbocycles. The zero-order chi connectivity index (χ0) is 15.5. The predicted molar refractivity (Wildman–Crippen MR) is 85.3 cm³/mol. The molecule has 0 aliphatic carbocycles. The molecule has 1 fully saturated rings. The Balaban J connectivity index is 2.00. The van der Waals surface area contributed by atoms with Crippen molar-refractivity contribution in [3.63, 3.8) is 0 Å². The van der Waals surface area contributed by atoms with Crippen molar-refractivity contribution in [2.75, 3.05) is 31.2 Å². The molecule has 0 radical (unpaired) electrons. The number of anilines is 1. The molecule has 1 aromatic heterocycles. The van der Waals surface area contributed by atoms with Crippen LogP contribution in [0.25, 0.3) is 10.9 Å². The summed E-state index contributed by atoms with van der Waals surface area (Å²) in [7, 11) is 0. The van der Waals surface area contributed by atoms with E-state index >= 15 is 0 Å². The normalized spacial score (nSPS) is 18.5. The third-order valence-electron chi connectivity index (χ3n) is 3.83. The monoisotopic (exact) mass is 300 g/mol. The van der Waals surface area contributed by atoms with Crippen molar-refractivity contribution in [1.82, 2.24) is 4.98 Å². The topological polar surface area (TPSA) is 51.7 Å². The zero-order valence-electron chi connectivity index (χ0n) is 12.9. The van der Waals surface area contributed by atoms with Crippen LogP contribution in [-0.4, -0.2) is 43.4 Å². The number of carbonyl (C=O) groups excluding carboxylic acids is 1. The first-order valence-electron chi connectivity index (χ1n) is 7.61. The van der Waals surface area contributed by atoms with E-state index in [0.29, 0.717) is 12.2 Å². The van der Waals surface area contributed by atoms with E-state index in [1.807, 2.05) is 25.1 Å². The molecular weight excluding hydrogens is 280 g/mol. The van der Waals surface area contributed by atoms with E-state index in [-0.39, 0.29) is 12.1 Å². The summed E-state index contributed by atoms with van der Waals surface area (Å²) >= 11 is 0. The molecular formula is C17H20N2O3. The smallest absolute Gasteiger partial charge is 0.338 e. The molecule has 0 bridgehead atoms. The van der Waals surface area contributed by atoms with Crippen molar-refractivity contribution in [1.29, 1.82) is 0 Å². The maximum absolute atomic E-state index is 12.1. The fourth-order valence-corrected chi connectivity index (χ4v) is 2.77. The van der Waals surface area contributed by atoms with Gasteiger partial charge in [0.1, 0.15) is 0 Å². The van der Waals surface area contributed by atoms with Crippen LogP contribution in [0.15, 0.2) is 30.5 Å². The SMILES string of the molecule is CCOC(=O)c1ccnc2ccc(N3CCO[C@@H](C)C3)cc12. The van der Waals surface area contributed by atoms with Gasteiger partial charge in [-0.05, 0) is 38.1 Å². The predicted octanol–water partition coefficient (Wildman–Crippen LogP) is 2.64. The van der Waals surface area contributed by atoms with Crippen molar-refractivity contribution >= 4 is 22.6 Å². The number of fused-ring (bicyclic) bond motifs is 1. The number of ether oxygens (including phenoxy) is 2. The Morgan fingerprint density at radius 1 is 1.45 bits per heavy atom. The fraction of sp³-hybridized carbons (Fsp3) is 0.412. The molecule has 0 saturated carbocycles. The highest BCUT2D eigenvalue weighted by Gasteiger charge is 2.18. The van der Waals surface area contributed by atoms with Gasteiger partial charge in [-0.2, -0.15) is 0 Å². The van der Waals surface area contributed by atoms with E-state index in [2.05, 4.69) is 16.8 Å². The van der Waals surface area contributed by atoms with Gasteiger partial charge >= 0.3 is 5.97 Å². The number of carbonyl (C=O) groups is 1. The summed E-state index contributed by atoms with van der Waals surface area (Å²) in [6.07, 6.45) is 1.85. The summed E-state index contributed by atoms with van der Waals surface area (Å²) in [5, 5.41) is 0.831. The van der Waals surface area contributed by atoms with Gasteiger partial charge in [0.2, 0.25) is 0 Å². The first-order chi connectivity index (χ1) is 10.7. The van der Waals surface area contributed by atoms with Gasteiger partial charge in [0.25, 0.3) is 0 Å². The van der Waals surface area contributed by atoms with Crippen LogP contribution < -0.4 is 4.90 Å². The van der Waals surface area contributed by atoms with E-state index in [1.54, 1.807) is 12.3 Å². The van der Waals surface area contributed by atoms with E-state index < -0.39 is 0 Å². The highest BCUT2D eigenvalue weighted by molar-refractivity contribution is 6.04. The molecule has 5 heteroatoms. The van der Waals surface area contributed by atoms with Gasteiger partial charge in [-0.25, -0.2) is 4.79 Å². The second-order valence-electron chi connectivity index (χ2n) is 5.41. The summed E-state index contributed by atoms with van der Waals surface area (Å²) in [6.45, 7) is 6.66. The molecule has 0 spiro atoms. The number of pyridine rings is 1. The zero-order valence-corrected chi connectivity index (χ0v) is 12.9. The molecule has 2 aromatic rings. The van der Waals surface area contributed by atoms with Crippen LogP contribution in [0.2, 0.25) is 0 Å². The number of benzene rings is 1. The lowest BCUT2D eigenvalue weighted by molar-refractivity contribution is 0.0524. The average Bonchev–Trinajstić information content (AvgIpc) is 2.54. The van der Waals surface area contributed by atoms with Crippen LogP contribution >= 0.6 is 0 Å². The minimum Gasteiger partial charge on any atom is -0.462 e. The molecule has 5 nitrogen and oxygen atoms in total. The number of rotatable bonds is 3. The molecule has 1 aliphatic rings. The molecule has 1 atom stereocenters. The lowest BCUT2D eigenvalue weighted by atomic mass is 10.1. The molecule has 0 unspecified atom stereocenters. The Hall–Kier alpha value is -2.14. The summed E-state index contributed by atoms with van der Waals surface area (Å²) in [5.41, 5.74) is 2.45. The number of hydrogen-bond acceptors (Lipinski definition) is 5. The summed E-state index contributed by atoms with van der Waals surface area (Å²) in [6, 6.07) is 7.73. The minimum absolute atomic E-state index is 0.211. The van der Waals surface area contributed by atoms with E-state index in [4.69, 9.17) is 9.47 Å². The maximum atomic E-state index is 12.1. The Morgan fingerprint density at radius 2 is 2.32 bits per heavy atom. The van der Waals surface area contributed by atoms with Gasteiger partial charge in [0, 0.05) is 30.4 Å². The van der Waals surface area contributed by atoms with Gasteiger partial charge in [0.05, 0.1) is 30.4 Å². The van der Waals surface area contributed by atoms with Crippen LogP contribution in [0.5, 0.6) is 0 Å². The van der Waals surface area contributed by atoms with Gasteiger partial charge in [-0.1, -0.05) is 0 Å². The third kappa shape index (κ3) is 2.90. The van der Waals surface area contributed by atoms with Crippen molar-refractivity contribution < 1.29 is 14.3 Å². The van der Waals surface area contributed by atoms with E-state index in [0.717, 1.165) is 36.3 Å². The van der Waals surface area contributed by atoms with Crippen LogP contribution in [0, 0.1) is 0 Å². The van der Waals surface area contributed by atoms with Crippen molar-refractivity contribution in [3.05, 3.63) is 36.0 Å². The van der Waals surface area contributed by atoms with E-state index in [1.165, 1.54) is 0 Å². The Morgan fingerprint density at radius 3 is 3.09 bits per heavy atom. The second kappa shape index (κ2) is 6.32. The fourth-order valence-electron chi connectivity index (χ4n) is 2.77. The van der Waals surface area contributed by atoms with Crippen molar-refractivity contribution in [2.24, 2.45) is 0 Å². The minimum atomic E-state index is -0.303. The largest absolute Gasteiger partial charge is 0.462 e. The molecule has 0 N–H and O–H groups in total. The average molecular weight is 300 g/mol. The summed E-state index contributed by atoms with van der Waals surface area (Å²) < 4.78 is 10.7. The van der Waals surface area contributed by atoms with Crippen molar-refractivity contribution in [2.45, 2.75) is 20.0 Å². The Kier molecular flexibility index (Phi) is 4.24. The molecule has 116 valence electrons. The Bertz CT molecular complexity index is 687. The number of morpholine rings is 1. The van der Waals surface area contributed by atoms with Gasteiger partial charge in [-0.15, -0.1) is 0 Å². The highest BCUT2D eigenvalue weighted by atomic mass is 16.5. The molecule has 3 rings (SSSR count). The van der Waals surface area contributed by atoms with Gasteiger partial charge in [0.15, 0.2) is 0 Å². The first-order valence-corrected chi connectivity index (χ1v) is 7.61.